The molecular weight excluding hydrogens is 406 g/mol. The van der Waals surface area contributed by atoms with Gasteiger partial charge in [0.05, 0.1) is 4.90 Å². The summed E-state index contributed by atoms with van der Waals surface area (Å²) >= 11 is 0. The summed E-state index contributed by atoms with van der Waals surface area (Å²) in [6, 6.07) is 4.99. The van der Waals surface area contributed by atoms with Crippen LogP contribution in [0.3, 0.4) is 0 Å². The standard InChI is InChI=1S/C21H29N3O5S/c1-16(25)17-7-9-18(10-8-17)30(28,29)24-15-3-2-6-19(24)21(27)22-12-11-20(26)23-13-4-5-14-23/h7-10,19H,2-6,11-15H2,1H3,(H,22,27). The predicted octanol–water partition coefficient (Wildman–Crippen LogP) is 1.56. The lowest BCUT2D eigenvalue weighted by Crippen LogP contribution is -2.52. The number of rotatable bonds is 7. The smallest absolute Gasteiger partial charge is 0.243 e. The summed E-state index contributed by atoms with van der Waals surface area (Å²) in [5.41, 5.74) is 0.435. The largest absolute Gasteiger partial charge is 0.354 e. The molecule has 2 amide bonds. The van der Waals surface area contributed by atoms with E-state index in [-0.39, 0.29) is 42.0 Å². The van der Waals surface area contributed by atoms with Crippen LogP contribution < -0.4 is 5.32 Å². The molecule has 0 aliphatic carbocycles. The van der Waals surface area contributed by atoms with Gasteiger partial charge in [-0.3, -0.25) is 14.4 Å². The second kappa shape index (κ2) is 9.70. The van der Waals surface area contributed by atoms with Crippen LogP contribution in [0.1, 0.15) is 55.8 Å². The molecule has 0 radical (unpaired) electrons. The number of nitrogens with one attached hydrogen (secondary N) is 1. The van der Waals surface area contributed by atoms with Gasteiger partial charge in [-0.2, -0.15) is 4.31 Å². The second-order valence-electron chi connectivity index (χ2n) is 7.84. The van der Waals surface area contributed by atoms with Crippen LogP contribution in [0.5, 0.6) is 0 Å². The van der Waals surface area contributed by atoms with Crippen molar-refractivity contribution in [2.75, 3.05) is 26.2 Å². The molecule has 8 nitrogen and oxygen atoms in total. The number of amides is 2. The van der Waals surface area contributed by atoms with Crippen LogP contribution in [0.25, 0.3) is 0 Å². The summed E-state index contributed by atoms with van der Waals surface area (Å²) in [7, 11) is -3.87. The van der Waals surface area contributed by atoms with Gasteiger partial charge in [-0.05, 0) is 44.7 Å². The van der Waals surface area contributed by atoms with E-state index in [0.717, 1.165) is 32.4 Å². The first-order valence-corrected chi connectivity index (χ1v) is 11.9. The zero-order valence-corrected chi connectivity index (χ0v) is 18.1. The maximum Gasteiger partial charge on any atom is 0.243 e. The average Bonchev–Trinajstić information content (AvgIpc) is 3.28. The number of sulfonamides is 1. The lowest BCUT2D eigenvalue weighted by Gasteiger charge is -2.33. The molecule has 2 aliphatic heterocycles. The summed E-state index contributed by atoms with van der Waals surface area (Å²) in [6.07, 6.45) is 4.14. The number of carbonyl (C=O) groups excluding carboxylic acids is 3. The molecule has 0 aromatic heterocycles. The van der Waals surface area contributed by atoms with Crippen molar-refractivity contribution in [2.45, 2.75) is 56.4 Å². The van der Waals surface area contributed by atoms with Gasteiger partial charge in [-0.1, -0.05) is 18.6 Å². The maximum atomic E-state index is 13.1. The van der Waals surface area contributed by atoms with E-state index < -0.39 is 16.1 Å². The monoisotopic (exact) mass is 435 g/mol. The highest BCUT2D eigenvalue weighted by Crippen LogP contribution is 2.26. The number of hydrogen-bond acceptors (Lipinski definition) is 5. The lowest BCUT2D eigenvalue weighted by molar-refractivity contribution is -0.130. The van der Waals surface area contributed by atoms with Gasteiger partial charge in [-0.25, -0.2) is 8.42 Å². The molecule has 2 aliphatic rings. The van der Waals surface area contributed by atoms with E-state index in [1.807, 2.05) is 0 Å². The van der Waals surface area contributed by atoms with E-state index in [2.05, 4.69) is 5.32 Å². The molecule has 0 bridgehead atoms. The number of benzene rings is 1. The van der Waals surface area contributed by atoms with Gasteiger partial charge < -0.3 is 10.2 Å². The zero-order chi connectivity index (χ0) is 21.7. The van der Waals surface area contributed by atoms with Crippen molar-refractivity contribution < 1.29 is 22.8 Å². The third-order valence-corrected chi connectivity index (χ3v) is 7.64. The van der Waals surface area contributed by atoms with Crippen molar-refractivity contribution in [3.05, 3.63) is 29.8 Å². The van der Waals surface area contributed by atoms with E-state index in [0.29, 0.717) is 18.4 Å². The van der Waals surface area contributed by atoms with Crippen LogP contribution in [0.15, 0.2) is 29.2 Å². The Labute approximate surface area is 177 Å². The highest BCUT2D eigenvalue weighted by molar-refractivity contribution is 7.89. The topological polar surface area (TPSA) is 104 Å². The summed E-state index contributed by atoms with van der Waals surface area (Å²) in [5.74, 6) is -0.489. The molecule has 1 aromatic carbocycles. The number of ketones is 1. The molecule has 0 saturated carbocycles. The molecule has 0 spiro atoms. The molecule has 2 heterocycles. The van der Waals surface area contributed by atoms with E-state index in [1.165, 1.54) is 35.5 Å². The number of Topliss-reactive ketones (excluding diaryl/α,β-unsaturated/α-hetero) is 1. The Hall–Kier alpha value is -2.26. The van der Waals surface area contributed by atoms with Crippen molar-refractivity contribution in [3.63, 3.8) is 0 Å². The quantitative estimate of drug-likeness (QED) is 0.655. The normalized spacial score (nSPS) is 20.2. The number of hydrogen-bond donors (Lipinski definition) is 1. The Bertz CT molecular complexity index is 892. The van der Waals surface area contributed by atoms with Crippen LogP contribution in [0.2, 0.25) is 0 Å². The highest BCUT2D eigenvalue weighted by atomic mass is 32.2. The Kier molecular flexibility index (Phi) is 7.25. The highest BCUT2D eigenvalue weighted by Gasteiger charge is 2.37. The van der Waals surface area contributed by atoms with E-state index in [9.17, 15) is 22.8 Å². The van der Waals surface area contributed by atoms with Gasteiger partial charge >= 0.3 is 0 Å². The molecule has 2 saturated heterocycles. The molecule has 1 unspecified atom stereocenters. The third kappa shape index (κ3) is 5.07. The number of nitrogens with zero attached hydrogens (tertiary/aromatic N) is 2. The van der Waals surface area contributed by atoms with Gasteiger partial charge in [0.15, 0.2) is 5.78 Å². The van der Waals surface area contributed by atoms with Crippen LogP contribution in [0, 0.1) is 0 Å². The Morgan fingerprint density at radius 3 is 2.27 bits per heavy atom. The predicted molar refractivity (Wildman–Crippen MR) is 111 cm³/mol. The molecule has 164 valence electrons. The fourth-order valence-corrected chi connectivity index (χ4v) is 5.64. The summed E-state index contributed by atoms with van der Waals surface area (Å²) in [5, 5.41) is 2.75. The zero-order valence-electron chi connectivity index (χ0n) is 17.3. The second-order valence-corrected chi connectivity index (χ2v) is 9.73. The SMILES string of the molecule is CC(=O)c1ccc(S(=O)(=O)N2CCCCC2C(=O)NCCC(=O)N2CCCC2)cc1. The maximum absolute atomic E-state index is 13.1. The Morgan fingerprint density at radius 2 is 1.63 bits per heavy atom. The number of carbonyl (C=O) groups is 3. The molecule has 3 rings (SSSR count). The van der Waals surface area contributed by atoms with Crippen molar-refractivity contribution in [3.8, 4) is 0 Å². The molecule has 1 N–H and O–H groups in total. The fraction of sp³-hybridized carbons (Fsp3) is 0.571. The minimum atomic E-state index is -3.87. The summed E-state index contributed by atoms with van der Waals surface area (Å²) in [6.45, 7) is 3.42. The first kappa shape index (κ1) is 22.4. The van der Waals surface area contributed by atoms with E-state index in [1.54, 1.807) is 4.90 Å². The first-order chi connectivity index (χ1) is 14.3. The molecule has 9 heteroatoms. The average molecular weight is 436 g/mol. The van der Waals surface area contributed by atoms with Crippen molar-refractivity contribution >= 4 is 27.6 Å². The van der Waals surface area contributed by atoms with Crippen LogP contribution in [-0.2, 0) is 19.6 Å². The fourth-order valence-electron chi connectivity index (χ4n) is 3.99. The van der Waals surface area contributed by atoms with Crippen molar-refractivity contribution in [1.82, 2.24) is 14.5 Å². The molecule has 1 atom stereocenters. The van der Waals surface area contributed by atoms with Crippen molar-refractivity contribution in [1.29, 1.82) is 0 Å². The Balaban J connectivity index is 1.65. The van der Waals surface area contributed by atoms with Crippen LogP contribution in [-0.4, -0.2) is 67.4 Å². The molecule has 1 aromatic rings. The van der Waals surface area contributed by atoms with Crippen LogP contribution in [0.4, 0.5) is 0 Å². The van der Waals surface area contributed by atoms with Crippen molar-refractivity contribution in [2.24, 2.45) is 0 Å². The number of likely N-dealkylation sites (tertiary alicyclic amines) is 1. The van der Waals surface area contributed by atoms with Gasteiger partial charge in [0.25, 0.3) is 0 Å². The number of piperidine rings is 1. The van der Waals surface area contributed by atoms with Gasteiger partial charge in [0.1, 0.15) is 6.04 Å². The lowest BCUT2D eigenvalue weighted by atomic mass is 10.0. The minimum Gasteiger partial charge on any atom is -0.354 e. The van der Waals surface area contributed by atoms with Gasteiger partial charge in [-0.15, -0.1) is 0 Å². The molecule has 2 fully saturated rings. The van der Waals surface area contributed by atoms with E-state index >= 15 is 0 Å². The summed E-state index contributed by atoms with van der Waals surface area (Å²) in [4.78, 5) is 38.2. The molecular formula is C21H29N3O5S. The third-order valence-electron chi connectivity index (χ3n) is 5.72. The molecule has 30 heavy (non-hydrogen) atoms. The van der Waals surface area contributed by atoms with Crippen LogP contribution >= 0.6 is 0 Å². The van der Waals surface area contributed by atoms with E-state index in [4.69, 9.17) is 0 Å². The summed E-state index contributed by atoms with van der Waals surface area (Å²) < 4.78 is 27.5. The minimum absolute atomic E-state index is 0.0199. The first-order valence-electron chi connectivity index (χ1n) is 10.5. The Morgan fingerprint density at radius 1 is 1.00 bits per heavy atom. The van der Waals surface area contributed by atoms with Gasteiger partial charge in [0.2, 0.25) is 21.8 Å². The van der Waals surface area contributed by atoms with Gasteiger partial charge in [0, 0.05) is 38.2 Å².